The second-order valence-corrected chi connectivity index (χ2v) is 5.92. The lowest BCUT2D eigenvalue weighted by Crippen LogP contribution is -2.69. The highest BCUT2D eigenvalue weighted by molar-refractivity contribution is 5.93. The number of hydrogen-bond donors (Lipinski definition) is 0. The van der Waals surface area contributed by atoms with Crippen LogP contribution in [0.25, 0.3) is 0 Å². The van der Waals surface area contributed by atoms with E-state index in [0.717, 1.165) is 0 Å². The number of likely N-dealkylation sites (N-methyl/N-ethyl adjacent to an activating group) is 2. The van der Waals surface area contributed by atoms with Gasteiger partial charge in [-0.2, -0.15) is 0 Å². The molecule has 96 valence electrons. The smallest absolute Gasteiger partial charge is 0.232 e. The van der Waals surface area contributed by atoms with Crippen molar-refractivity contribution in [1.82, 2.24) is 9.80 Å². The maximum atomic E-state index is 12.5. The van der Waals surface area contributed by atoms with E-state index in [1.165, 1.54) is 0 Å². The first kappa shape index (κ1) is 11.5. The lowest BCUT2D eigenvalue weighted by molar-refractivity contribution is -0.157. The van der Waals surface area contributed by atoms with E-state index in [2.05, 4.69) is 0 Å². The number of carbonyl (C=O) groups is 2. The Morgan fingerprint density at radius 3 is 1.56 bits per heavy atom. The molecule has 0 unspecified atom stereocenters. The molecular formula is C14H18N2O2. The summed E-state index contributed by atoms with van der Waals surface area (Å²) in [5, 5.41) is 0. The Labute approximate surface area is 107 Å². The Bertz CT molecular complexity index is 464. The average molecular weight is 246 g/mol. The molecular weight excluding hydrogens is 228 g/mol. The van der Waals surface area contributed by atoms with Crippen molar-refractivity contribution >= 4 is 11.8 Å². The molecule has 1 aliphatic carbocycles. The summed E-state index contributed by atoms with van der Waals surface area (Å²) >= 11 is 0. The van der Waals surface area contributed by atoms with E-state index in [0.29, 0.717) is 0 Å². The van der Waals surface area contributed by atoms with E-state index in [9.17, 15) is 9.59 Å². The molecule has 4 nitrogen and oxygen atoms in total. The van der Waals surface area contributed by atoms with Crippen LogP contribution in [0.15, 0.2) is 24.3 Å². The third-order valence-electron chi connectivity index (χ3n) is 5.15. The van der Waals surface area contributed by atoms with Crippen molar-refractivity contribution in [1.29, 1.82) is 0 Å². The molecule has 1 saturated heterocycles. The van der Waals surface area contributed by atoms with Crippen molar-refractivity contribution in [3.05, 3.63) is 24.3 Å². The fraction of sp³-hybridized carbons (Fsp3) is 0.571. The summed E-state index contributed by atoms with van der Waals surface area (Å²) in [4.78, 5) is 28.5. The highest BCUT2D eigenvalue weighted by atomic mass is 16.2. The Morgan fingerprint density at radius 2 is 1.22 bits per heavy atom. The monoisotopic (exact) mass is 246 g/mol. The van der Waals surface area contributed by atoms with Gasteiger partial charge in [-0.1, -0.05) is 24.3 Å². The second-order valence-electron chi connectivity index (χ2n) is 5.92. The summed E-state index contributed by atoms with van der Waals surface area (Å²) in [7, 11) is 3.59. The lowest BCUT2D eigenvalue weighted by atomic mass is 9.67. The van der Waals surface area contributed by atoms with E-state index in [4.69, 9.17) is 0 Å². The quantitative estimate of drug-likeness (QED) is 0.593. The summed E-state index contributed by atoms with van der Waals surface area (Å²) in [5.74, 6) is -0.392. The molecule has 0 radical (unpaired) electrons. The third-order valence-corrected chi connectivity index (χ3v) is 5.15. The van der Waals surface area contributed by atoms with Crippen molar-refractivity contribution in [2.24, 2.45) is 11.8 Å². The fourth-order valence-corrected chi connectivity index (χ4v) is 3.38. The summed E-state index contributed by atoms with van der Waals surface area (Å²) in [6.45, 7) is 3.90. The second kappa shape index (κ2) is 3.05. The van der Waals surface area contributed by atoms with E-state index in [1.807, 2.05) is 38.2 Å². The van der Waals surface area contributed by atoms with Crippen LogP contribution in [0.1, 0.15) is 13.8 Å². The van der Waals surface area contributed by atoms with Gasteiger partial charge in [0.1, 0.15) is 0 Å². The van der Waals surface area contributed by atoms with Gasteiger partial charge < -0.3 is 9.80 Å². The van der Waals surface area contributed by atoms with Gasteiger partial charge in [-0.3, -0.25) is 9.59 Å². The molecule has 0 saturated carbocycles. The van der Waals surface area contributed by atoms with Crippen molar-refractivity contribution in [2.45, 2.75) is 24.9 Å². The van der Waals surface area contributed by atoms with E-state index >= 15 is 0 Å². The molecule has 2 amide bonds. The van der Waals surface area contributed by atoms with Gasteiger partial charge in [0.15, 0.2) is 0 Å². The fourth-order valence-electron chi connectivity index (χ4n) is 3.38. The summed E-state index contributed by atoms with van der Waals surface area (Å²) in [5.41, 5.74) is -1.09. The minimum Gasteiger partial charge on any atom is -0.335 e. The standard InChI is InChI=1S/C14H18N2O2/c1-13-7-5-10(12(18)15(13)3)14(2)8-6-9(13)11(17)16(14)4/h5-10H,1-4H3/t9-,10-,13-,14+/m1/s1. The number of nitrogens with zero attached hydrogens (tertiary/aromatic N) is 2. The maximum Gasteiger partial charge on any atom is 0.232 e. The molecule has 6 aliphatic rings. The Hall–Kier alpha value is -1.58. The highest BCUT2D eigenvalue weighted by Crippen LogP contribution is 2.45. The predicted octanol–water partition coefficient (Wildman–Crippen LogP) is 0.806. The molecule has 4 heteroatoms. The zero-order valence-corrected chi connectivity index (χ0v) is 11.2. The van der Waals surface area contributed by atoms with Crippen LogP contribution in [0.4, 0.5) is 0 Å². The first-order chi connectivity index (χ1) is 8.32. The summed E-state index contributed by atoms with van der Waals surface area (Å²) < 4.78 is 0. The third kappa shape index (κ3) is 1.02. The van der Waals surface area contributed by atoms with Crippen LogP contribution >= 0.6 is 0 Å². The molecule has 0 spiro atoms. The molecule has 0 N–H and O–H groups in total. The number of rotatable bonds is 0. The van der Waals surface area contributed by atoms with Gasteiger partial charge in [0, 0.05) is 14.1 Å². The lowest BCUT2D eigenvalue weighted by Gasteiger charge is -2.56. The van der Waals surface area contributed by atoms with Gasteiger partial charge in [-0.05, 0) is 13.8 Å². The van der Waals surface area contributed by atoms with E-state index in [1.54, 1.807) is 23.9 Å². The van der Waals surface area contributed by atoms with Crippen molar-refractivity contribution in [3.8, 4) is 0 Å². The molecule has 6 rings (SSSR count). The van der Waals surface area contributed by atoms with Crippen LogP contribution in [0.5, 0.6) is 0 Å². The minimum absolute atomic E-state index is 0.0937. The van der Waals surface area contributed by atoms with Gasteiger partial charge in [-0.25, -0.2) is 0 Å². The molecule has 4 atom stereocenters. The molecule has 18 heavy (non-hydrogen) atoms. The van der Waals surface area contributed by atoms with Crippen LogP contribution in [0.3, 0.4) is 0 Å². The van der Waals surface area contributed by atoms with E-state index in [-0.39, 0.29) is 23.7 Å². The van der Waals surface area contributed by atoms with Crippen molar-refractivity contribution < 1.29 is 9.59 Å². The van der Waals surface area contributed by atoms with Crippen LogP contribution < -0.4 is 0 Å². The van der Waals surface area contributed by atoms with Crippen LogP contribution in [-0.2, 0) is 9.59 Å². The Morgan fingerprint density at radius 1 is 0.889 bits per heavy atom. The molecule has 5 aliphatic heterocycles. The maximum absolute atomic E-state index is 12.5. The molecule has 0 aromatic heterocycles. The van der Waals surface area contributed by atoms with Gasteiger partial charge in [0.05, 0.1) is 22.9 Å². The molecule has 0 aromatic carbocycles. The zero-order chi connectivity index (χ0) is 13.3. The van der Waals surface area contributed by atoms with Crippen LogP contribution in [-0.4, -0.2) is 46.8 Å². The number of amides is 2. The van der Waals surface area contributed by atoms with Gasteiger partial charge in [-0.15, -0.1) is 0 Å². The predicted molar refractivity (Wildman–Crippen MR) is 67.6 cm³/mol. The molecule has 0 aromatic rings. The van der Waals surface area contributed by atoms with Gasteiger partial charge in [0.2, 0.25) is 11.8 Å². The SMILES string of the molecule is CN1C(=O)[C@H]2C=C[C@@]1(C)[C@@H]1C=C[C@@]2(C)N(C)C1=O. The van der Waals surface area contributed by atoms with Crippen LogP contribution in [0.2, 0.25) is 0 Å². The van der Waals surface area contributed by atoms with Gasteiger partial charge in [0.25, 0.3) is 0 Å². The first-order valence-corrected chi connectivity index (χ1v) is 6.26. The van der Waals surface area contributed by atoms with Crippen LogP contribution in [0, 0.1) is 11.8 Å². The largest absolute Gasteiger partial charge is 0.335 e. The minimum atomic E-state index is -0.544. The highest BCUT2D eigenvalue weighted by Gasteiger charge is 2.57. The number of carbonyl (C=O) groups excluding carboxylic acids is 2. The summed E-state index contributed by atoms with van der Waals surface area (Å²) in [6, 6.07) is 0. The van der Waals surface area contributed by atoms with Crippen molar-refractivity contribution in [3.63, 3.8) is 0 Å². The molecule has 1 fully saturated rings. The average Bonchev–Trinajstić information content (AvgIpc) is 2.32. The Balaban J connectivity index is 2.30. The van der Waals surface area contributed by atoms with E-state index < -0.39 is 11.1 Å². The Kier molecular flexibility index (Phi) is 1.95. The molecule has 5 heterocycles. The normalized spacial score (nSPS) is 45.8. The summed E-state index contributed by atoms with van der Waals surface area (Å²) in [6.07, 6.45) is 8.00. The zero-order valence-electron chi connectivity index (χ0n) is 11.2. The first-order valence-electron chi connectivity index (χ1n) is 6.26. The molecule has 4 bridgehead atoms. The van der Waals surface area contributed by atoms with Crippen molar-refractivity contribution in [2.75, 3.05) is 14.1 Å². The topological polar surface area (TPSA) is 40.6 Å². The van der Waals surface area contributed by atoms with Gasteiger partial charge >= 0.3 is 0 Å². The number of hydrogen-bond acceptors (Lipinski definition) is 2.